The van der Waals surface area contributed by atoms with Crippen molar-refractivity contribution in [3.63, 3.8) is 0 Å². The number of hydrogen-bond acceptors (Lipinski definition) is 2. The van der Waals surface area contributed by atoms with Crippen LogP contribution in [0.15, 0.2) is 12.1 Å². The molecule has 0 aliphatic rings. The van der Waals surface area contributed by atoms with Crippen LogP contribution in [-0.4, -0.2) is 12.0 Å². The van der Waals surface area contributed by atoms with Gasteiger partial charge in [-0.15, -0.1) is 0 Å². The van der Waals surface area contributed by atoms with E-state index in [1.54, 1.807) is 0 Å². The largest absolute Gasteiger partial charge is 0.312 e. The Hall–Kier alpha value is -0.890. The molecule has 0 saturated heterocycles. The molecule has 12 heavy (non-hydrogen) atoms. The van der Waals surface area contributed by atoms with Crippen molar-refractivity contribution in [3.05, 3.63) is 29.1 Å². The summed E-state index contributed by atoms with van der Waals surface area (Å²) in [6.07, 6.45) is 0. The van der Waals surface area contributed by atoms with Gasteiger partial charge < -0.3 is 5.32 Å². The monoisotopic (exact) mass is 164 g/mol. The topological polar surface area (TPSA) is 24.9 Å². The molecule has 0 amide bonds. The normalized spacial score (nSPS) is 13.0. The van der Waals surface area contributed by atoms with Crippen molar-refractivity contribution in [2.45, 2.75) is 26.8 Å². The molecule has 0 saturated carbocycles. The Labute approximate surface area is 74.0 Å². The summed E-state index contributed by atoms with van der Waals surface area (Å²) in [7, 11) is 1.95. The van der Waals surface area contributed by atoms with Crippen LogP contribution in [0.4, 0.5) is 0 Å². The summed E-state index contributed by atoms with van der Waals surface area (Å²) < 4.78 is 0. The van der Waals surface area contributed by atoms with Gasteiger partial charge in [0.25, 0.3) is 0 Å². The fourth-order valence-corrected chi connectivity index (χ4v) is 1.04. The fourth-order valence-electron chi connectivity index (χ4n) is 1.04. The van der Waals surface area contributed by atoms with E-state index in [0.717, 1.165) is 11.4 Å². The standard InChI is InChI=1S/C10H16N2/c1-7-5-6-10(9(3)11-4)12-8(7)2/h5-6,9,11H,1-4H3. The second kappa shape index (κ2) is 3.68. The Kier molecular flexibility index (Phi) is 2.82. The van der Waals surface area contributed by atoms with Crippen LogP contribution in [-0.2, 0) is 0 Å². The van der Waals surface area contributed by atoms with Crippen molar-refractivity contribution in [1.82, 2.24) is 10.3 Å². The van der Waals surface area contributed by atoms with Crippen molar-refractivity contribution in [2.75, 3.05) is 7.05 Å². The van der Waals surface area contributed by atoms with Gasteiger partial charge in [-0.05, 0) is 39.4 Å². The molecule has 1 heterocycles. The van der Waals surface area contributed by atoms with Crippen LogP contribution in [0, 0.1) is 13.8 Å². The average molecular weight is 164 g/mol. The number of nitrogens with one attached hydrogen (secondary N) is 1. The minimum absolute atomic E-state index is 0.337. The second-order valence-corrected chi connectivity index (χ2v) is 3.15. The third-order valence-electron chi connectivity index (χ3n) is 2.25. The molecule has 0 radical (unpaired) electrons. The second-order valence-electron chi connectivity index (χ2n) is 3.15. The summed E-state index contributed by atoms with van der Waals surface area (Å²) in [6, 6.07) is 4.53. The lowest BCUT2D eigenvalue weighted by Crippen LogP contribution is -2.14. The minimum Gasteiger partial charge on any atom is -0.312 e. The molecule has 0 spiro atoms. The van der Waals surface area contributed by atoms with Gasteiger partial charge in [-0.25, -0.2) is 0 Å². The molecular formula is C10H16N2. The van der Waals surface area contributed by atoms with E-state index in [1.807, 2.05) is 14.0 Å². The van der Waals surface area contributed by atoms with E-state index in [4.69, 9.17) is 0 Å². The Morgan fingerprint density at radius 3 is 2.50 bits per heavy atom. The Balaban J connectivity index is 2.96. The van der Waals surface area contributed by atoms with Crippen LogP contribution in [0.3, 0.4) is 0 Å². The first-order valence-electron chi connectivity index (χ1n) is 4.26. The van der Waals surface area contributed by atoms with Crippen LogP contribution in [0.1, 0.15) is 29.9 Å². The molecule has 1 N–H and O–H groups in total. The summed E-state index contributed by atoms with van der Waals surface area (Å²) in [4.78, 5) is 4.48. The maximum Gasteiger partial charge on any atom is 0.0573 e. The van der Waals surface area contributed by atoms with Crippen LogP contribution in [0.2, 0.25) is 0 Å². The molecule has 0 aromatic carbocycles. The van der Waals surface area contributed by atoms with E-state index in [-0.39, 0.29) is 0 Å². The van der Waals surface area contributed by atoms with Crippen molar-refractivity contribution in [3.8, 4) is 0 Å². The first-order chi connectivity index (χ1) is 5.65. The molecule has 1 aromatic rings. The summed E-state index contributed by atoms with van der Waals surface area (Å²) >= 11 is 0. The zero-order valence-corrected chi connectivity index (χ0v) is 8.18. The summed E-state index contributed by atoms with van der Waals surface area (Å²) in [5.74, 6) is 0. The van der Waals surface area contributed by atoms with E-state index in [0.29, 0.717) is 6.04 Å². The van der Waals surface area contributed by atoms with Crippen molar-refractivity contribution in [1.29, 1.82) is 0 Å². The number of rotatable bonds is 2. The van der Waals surface area contributed by atoms with E-state index >= 15 is 0 Å². The smallest absolute Gasteiger partial charge is 0.0573 e. The maximum atomic E-state index is 4.48. The fraction of sp³-hybridized carbons (Fsp3) is 0.500. The highest BCUT2D eigenvalue weighted by Gasteiger charge is 2.04. The number of pyridine rings is 1. The number of aromatic nitrogens is 1. The SMILES string of the molecule is CNC(C)c1ccc(C)c(C)n1. The highest BCUT2D eigenvalue weighted by Crippen LogP contribution is 2.11. The van der Waals surface area contributed by atoms with E-state index in [9.17, 15) is 0 Å². The third-order valence-corrected chi connectivity index (χ3v) is 2.25. The maximum absolute atomic E-state index is 4.48. The number of hydrogen-bond donors (Lipinski definition) is 1. The van der Waals surface area contributed by atoms with E-state index in [2.05, 4.69) is 36.3 Å². The zero-order chi connectivity index (χ0) is 9.14. The molecule has 66 valence electrons. The van der Waals surface area contributed by atoms with Gasteiger partial charge in [0.1, 0.15) is 0 Å². The van der Waals surface area contributed by atoms with Gasteiger partial charge >= 0.3 is 0 Å². The number of aryl methyl sites for hydroxylation is 2. The Bertz CT molecular complexity index is 269. The average Bonchev–Trinajstić information content (AvgIpc) is 2.08. The quantitative estimate of drug-likeness (QED) is 0.723. The van der Waals surface area contributed by atoms with Gasteiger partial charge in [-0.3, -0.25) is 4.98 Å². The lowest BCUT2D eigenvalue weighted by molar-refractivity contribution is 0.630. The van der Waals surface area contributed by atoms with Gasteiger partial charge in [0.05, 0.1) is 5.69 Å². The Morgan fingerprint density at radius 2 is 2.00 bits per heavy atom. The highest BCUT2D eigenvalue weighted by molar-refractivity contribution is 5.21. The molecule has 0 aliphatic carbocycles. The first kappa shape index (κ1) is 9.20. The lowest BCUT2D eigenvalue weighted by Gasteiger charge is -2.10. The van der Waals surface area contributed by atoms with Gasteiger partial charge in [-0.2, -0.15) is 0 Å². The summed E-state index contributed by atoms with van der Waals surface area (Å²) in [5, 5.41) is 3.17. The molecule has 1 unspecified atom stereocenters. The molecule has 0 fully saturated rings. The third kappa shape index (κ3) is 1.83. The first-order valence-corrected chi connectivity index (χ1v) is 4.26. The summed E-state index contributed by atoms with van der Waals surface area (Å²) in [5.41, 5.74) is 3.48. The molecule has 2 nitrogen and oxygen atoms in total. The highest BCUT2D eigenvalue weighted by atomic mass is 14.9. The van der Waals surface area contributed by atoms with Crippen molar-refractivity contribution in [2.24, 2.45) is 0 Å². The predicted octanol–water partition coefficient (Wildman–Crippen LogP) is 1.98. The molecule has 1 aromatic heterocycles. The van der Waals surface area contributed by atoms with Gasteiger partial charge in [0.2, 0.25) is 0 Å². The Morgan fingerprint density at radius 1 is 1.33 bits per heavy atom. The van der Waals surface area contributed by atoms with E-state index in [1.165, 1.54) is 5.56 Å². The molecule has 1 atom stereocenters. The van der Waals surface area contributed by atoms with Crippen LogP contribution in [0.25, 0.3) is 0 Å². The van der Waals surface area contributed by atoms with Crippen LogP contribution < -0.4 is 5.32 Å². The van der Waals surface area contributed by atoms with Gasteiger partial charge in [-0.1, -0.05) is 6.07 Å². The molecule has 2 heteroatoms. The number of nitrogens with zero attached hydrogens (tertiary/aromatic N) is 1. The van der Waals surface area contributed by atoms with Crippen molar-refractivity contribution < 1.29 is 0 Å². The zero-order valence-electron chi connectivity index (χ0n) is 8.18. The van der Waals surface area contributed by atoms with Crippen LogP contribution in [0.5, 0.6) is 0 Å². The molecular weight excluding hydrogens is 148 g/mol. The minimum atomic E-state index is 0.337. The molecule has 1 rings (SSSR count). The predicted molar refractivity (Wildman–Crippen MR) is 51.2 cm³/mol. The molecule has 0 aliphatic heterocycles. The molecule has 0 bridgehead atoms. The van der Waals surface area contributed by atoms with Crippen molar-refractivity contribution >= 4 is 0 Å². The van der Waals surface area contributed by atoms with Crippen LogP contribution >= 0.6 is 0 Å². The van der Waals surface area contributed by atoms with E-state index < -0.39 is 0 Å². The lowest BCUT2D eigenvalue weighted by atomic mass is 10.1. The summed E-state index contributed by atoms with van der Waals surface area (Å²) in [6.45, 7) is 6.23. The van der Waals surface area contributed by atoms with Gasteiger partial charge in [0, 0.05) is 11.7 Å². The van der Waals surface area contributed by atoms with Gasteiger partial charge in [0.15, 0.2) is 0 Å².